The van der Waals surface area contributed by atoms with Crippen molar-refractivity contribution >= 4 is 44.6 Å². The summed E-state index contributed by atoms with van der Waals surface area (Å²) >= 11 is 0.998. The molecule has 0 bridgehead atoms. The number of amides is 1. The highest BCUT2D eigenvalue weighted by molar-refractivity contribution is 7.21. The van der Waals surface area contributed by atoms with E-state index in [1.165, 1.54) is 18.2 Å². The molecule has 0 saturated carbocycles. The van der Waals surface area contributed by atoms with Gasteiger partial charge in [-0.25, -0.2) is 4.98 Å². The van der Waals surface area contributed by atoms with Crippen molar-refractivity contribution in [3.63, 3.8) is 0 Å². The van der Waals surface area contributed by atoms with E-state index in [0.717, 1.165) is 17.4 Å². The van der Waals surface area contributed by atoms with Crippen molar-refractivity contribution in [1.29, 1.82) is 0 Å². The van der Waals surface area contributed by atoms with Gasteiger partial charge in [-0.2, -0.15) is 13.2 Å². The standard InChI is InChI=1S/C21H18F3N3O2S/c1-20(2)8-14-10(15(28)9-20)7-11-16(25)17(30-19(11)27-14)18(29)26-13-6-4-3-5-12(13)21(22,23)24/h3-7H,8-9,25H2,1-2H3,(H,26,29). The Hall–Kier alpha value is -2.94. The van der Waals surface area contributed by atoms with Crippen molar-refractivity contribution in [2.45, 2.75) is 32.9 Å². The number of Topliss-reactive ketones (excluding diaryl/α,β-unsaturated/α-hetero) is 1. The third-order valence-electron chi connectivity index (χ3n) is 5.07. The molecule has 4 rings (SSSR count). The number of nitrogens with one attached hydrogen (secondary N) is 1. The van der Waals surface area contributed by atoms with Gasteiger partial charge in [0.25, 0.3) is 5.91 Å². The lowest BCUT2D eigenvalue weighted by Gasteiger charge is -2.29. The normalized spacial score (nSPS) is 15.8. The zero-order valence-corrected chi connectivity index (χ0v) is 17.0. The molecule has 9 heteroatoms. The number of halogens is 3. The number of hydrogen-bond donors (Lipinski definition) is 2. The molecule has 0 aliphatic heterocycles. The Balaban J connectivity index is 1.74. The van der Waals surface area contributed by atoms with E-state index in [0.29, 0.717) is 34.3 Å². The predicted molar refractivity (Wildman–Crippen MR) is 110 cm³/mol. The third-order valence-corrected chi connectivity index (χ3v) is 6.19. The molecule has 5 nitrogen and oxygen atoms in total. The Morgan fingerprint density at radius 2 is 1.93 bits per heavy atom. The van der Waals surface area contributed by atoms with Crippen LogP contribution in [-0.2, 0) is 12.6 Å². The Bertz CT molecular complexity index is 1200. The van der Waals surface area contributed by atoms with Crippen LogP contribution in [0, 0.1) is 5.41 Å². The number of carbonyl (C=O) groups excluding carboxylic acids is 2. The van der Waals surface area contributed by atoms with Crippen LogP contribution in [0.5, 0.6) is 0 Å². The second-order valence-corrected chi connectivity index (χ2v) is 9.12. The highest BCUT2D eigenvalue weighted by atomic mass is 32.1. The molecule has 0 spiro atoms. The zero-order valence-electron chi connectivity index (χ0n) is 16.2. The molecule has 2 heterocycles. The minimum Gasteiger partial charge on any atom is -0.397 e. The van der Waals surface area contributed by atoms with Gasteiger partial charge in [0, 0.05) is 17.4 Å². The number of aromatic nitrogens is 1. The number of benzene rings is 1. The van der Waals surface area contributed by atoms with Crippen LogP contribution in [0.2, 0.25) is 0 Å². The fraction of sp³-hybridized carbons (Fsp3) is 0.286. The first-order valence-electron chi connectivity index (χ1n) is 9.19. The quantitative estimate of drug-likeness (QED) is 0.574. The summed E-state index contributed by atoms with van der Waals surface area (Å²) in [5, 5.41) is 2.76. The van der Waals surface area contributed by atoms with Gasteiger partial charge in [0.1, 0.15) is 9.71 Å². The Labute approximate surface area is 174 Å². The van der Waals surface area contributed by atoms with E-state index in [4.69, 9.17) is 5.73 Å². The molecular weight excluding hydrogens is 415 g/mol. The number of carbonyl (C=O) groups is 2. The molecule has 3 aromatic rings. The number of nitrogens with two attached hydrogens (primary N) is 1. The number of hydrogen-bond acceptors (Lipinski definition) is 5. The van der Waals surface area contributed by atoms with Gasteiger partial charge in [-0.15, -0.1) is 11.3 Å². The second-order valence-electron chi connectivity index (χ2n) is 8.12. The maximum atomic E-state index is 13.2. The average Bonchev–Trinajstić information content (AvgIpc) is 2.95. The number of pyridine rings is 1. The number of rotatable bonds is 2. The van der Waals surface area contributed by atoms with Crippen molar-refractivity contribution in [2.75, 3.05) is 11.1 Å². The Morgan fingerprint density at radius 3 is 2.63 bits per heavy atom. The van der Waals surface area contributed by atoms with Gasteiger partial charge >= 0.3 is 6.18 Å². The molecule has 1 aromatic carbocycles. The van der Waals surface area contributed by atoms with Crippen molar-refractivity contribution in [2.24, 2.45) is 5.41 Å². The molecule has 0 fully saturated rings. The first kappa shape index (κ1) is 20.3. The van der Waals surface area contributed by atoms with E-state index in [2.05, 4.69) is 10.3 Å². The smallest absolute Gasteiger partial charge is 0.397 e. The van der Waals surface area contributed by atoms with Gasteiger partial charge in [0.15, 0.2) is 5.78 Å². The van der Waals surface area contributed by atoms with Crippen molar-refractivity contribution in [1.82, 2.24) is 4.98 Å². The van der Waals surface area contributed by atoms with Crippen LogP contribution in [0.25, 0.3) is 10.2 Å². The molecule has 3 N–H and O–H groups in total. The molecule has 0 radical (unpaired) electrons. The summed E-state index contributed by atoms with van der Waals surface area (Å²) in [5.74, 6) is -0.789. The first-order chi connectivity index (χ1) is 14.0. The predicted octanol–water partition coefficient (Wildman–Crippen LogP) is 5.30. The molecular formula is C21H18F3N3O2S. The lowest BCUT2D eigenvalue weighted by Crippen LogP contribution is -2.27. The van der Waals surface area contributed by atoms with Crippen molar-refractivity contribution < 1.29 is 22.8 Å². The molecule has 0 unspecified atom stereocenters. The number of nitrogens with zero attached hydrogens (tertiary/aromatic N) is 1. The lowest BCUT2D eigenvalue weighted by atomic mass is 9.75. The van der Waals surface area contributed by atoms with Gasteiger partial charge < -0.3 is 11.1 Å². The summed E-state index contributed by atoms with van der Waals surface area (Å²) in [6, 6.07) is 6.37. The molecule has 156 valence electrons. The van der Waals surface area contributed by atoms with E-state index in [9.17, 15) is 22.8 Å². The summed E-state index contributed by atoms with van der Waals surface area (Å²) in [5.41, 5.74) is 5.86. The highest BCUT2D eigenvalue weighted by Gasteiger charge is 2.35. The van der Waals surface area contributed by atoms with Crippen LogP contribution in [0.15, 0.2) is 30.3 Å². The maximum Gasteiger partial charge on any atom is 0.418 e. The summed E-state index contributed by atoms with van der Waals surface area (Å²) in [6.07, 6.45) is -3.61. The fourth-order valence-corrected chi connectivity index (χ4v) is 4.68. The number of ketones is 1. The number of nitrogen functional groups attached to an aromatic ring is 1. The Morgan fingerprint density at radius 1 is 1.23 bits per heavy atom. The zero-order chi connectivity index (χ0) is 21.8. The molecule has 0 saturated heterocycles. The summed E-state index contributed by atoms with van der Waals surface area (Å²) in [7, 11) is 0. The Kier molecular flexibility index (Phi) is 4.61. The molecule has 1 aliphatic carbocycles. The summed E-state index contributed by atoms with van der Waals surface area (Å²) in [4.78, 5) is 30.3. The number of fused-ring (bicyclic) bond motifs is 2. The SMILES string of the molecule is CC1(C)CC(=O)c2cc3c(N)c(C(=O)Nc4ccccc4C(F)(F)F)sc3nc2C1. The largest absolute Gasteiger partial charge is 0.418 e. The number of anilines is 2. The van der Waals surface area contributed by atoms with Gasteiger partial charge in [0.05, 0.1) is 22.6 Å². The van der Waals surface area contributed by atoms with Crippen molar-refractivity contribution in [3.05, 3.63) is 52.0 Å². The van der Waals surface area contributed by atoms with E-state index in [-0.39, 0.29) is 27.5 Å². The lowest BCUT2D eigenvalue weighted by molar-refractivity contribution is -0.136. The van der Waals surface area contributed by atoms with Gasteiger partial charge in [0.2, 0.25) is 0 Å². The van der Waals surface area contributed by atoms with Gasteiger partial charge in [-0.05, 0) is 30.0 Å². The molecule has 1 amide bonds. The van der Waals surface area contributed by atoms with Crippen LogP contribution in [0.3, 0.4) is 0 Å². The van der Waals surface area contributed by atoms with Crippen LogP contribution in [0.4, 0.5) is 24.5 Å². The highest BCUT2D eigenvalue weighted by Crippen LogP contribution is 2.40. The average molecular weight is 433 g/mol. The molecule has 0 atom stereocenters. The minimum absolute atomic E-state index is 0.0358. The first-order valence-corrected chi connectivity index (χ1v) is 10.0. The molecule has 2 aromatic heterocycles. The van der Waals surface area contributed by atoms with Gasteiger partial charge in [-0.1, -0.05) is 26.0 Å². The third kappa shape index (κ3) is 3.54. The number of alkyl halides is 3. The topological polar surface area (TPSA) is 85.1 Å². The summed E-state index contributed by atoms with van der Waals surface area (Å²) in [6.45, 7) is 3.97. The monoisotopic (exact) mass is 433 g/mol. The van der Waals surface area contributed by atoms with E-state index < -0.39 is 17.6 Å². The minimum atomic E-state index is -4.61. The fourth-order valence-electron chi connectivity index (χ4n) is 3.69. The molecule has 1 aliphatic rings. The van der Waals surface area contributed by atoms with Crippen LogP contribution < -0.4 is 11.1 Å². The number of thiophene rings is 1. The van der Waals surface area contributed by atoms with E-state index in [1.54, 1.807) is 6.07 Å². The maximum absolute atomic E-state index is 13.2. The van der Waals surface area contributed by atoms with Crippen LogP contribution in [0.1, 0.15) is 51.6 Å². The number of para-hydroxylation sites is 1. The van der Waals surface area contributed by atoms with E-state index >= 15 is 0 Å². The van der Waals surface area contributed by atoms with Crippen molar-refractivity contribution in [3.8, 4) is 0 Å². The van der Waals surface area contributed by atoms with Gasteiger partial charge in [-0.3, -0.25) is 9.59 Å². The van der Waals surface area contributed by atoms with Crippen LogP contribution >= 0.6 is 11.3 Å². The van der Waals surface area contributed by atoms with E-state index in [1.807, 2.05) is 13.8 Å². The molecule has 30 heavy (non-hydrogen) atoms. The van der Waals surface area contributed by atoms with Crippen LogP contribution in [-0.4, -0.2) is 16.7 Å². The summed E-state index contributed by atoms with van der Waals surface area (Å²) < 4.78 is 39.6. The second kappa shape index (κ2) is 6.80.